The first-order valence-electron chi connectivity index (χ1n) is 3.83. The van der Waals surface area contributed by atoms with Gasteiger partial charge in [-0.15, -0.1) is 0 Å². The fraction of sp³-hybridized carbons (Fsp3) is 0.111. The van der Waals surface area contributed by atoms with Crippen molar-refractivity contribution in [3.8, 4) is 0 Å². The largest absolute Gasteiger partial charge is 0.375 e. The van der Waals surface area contributed by atoms with Gasteiger partial charge in [-0.3, -0.25) is 5.43 Å². The predicted octanol–water partition coefficient (Wildman–Crippen LogP) is 1.16. The summed E-state index contributed by atoms with van der Waals surface area (Å²) >= 11 is 4.59. The van der Waals surface area contributed by atoms with E-state index in [0.717, 1.165) is 5.56 Å². The average Bonchev–Trinajstić information content (AvgIpc) is 2.03. The molecule has 68 valence electrons. The highest BCUT2D eigenvalue weighted by Gasteiger charge is 1.87. The Kier molecular flexibility index (Phi) is 3.40. The van der Waals surface area contributed by atoms with Gasteiger partial charge >= 0.3 is 0 Å². The molecule has 3 nitrogen and oxygen atoms in total. The lowest BCUT2D eigenvalue weighted by Gasteiger charge is -1.96. The second-order valence-electron chi connectivity index (χ2n) is 2.65. The summed E-state index contributed by atoms with van der Waals surface area (Å²) in [5, 5.41) is 4.01. The molecule has 0 aliphatic carbocycles. The molecule has 0 spiro atoms. The van der Waals surface area contributed by atoms with Gasteiger partial charge in [-0.25, -0.2) is 0 Å². The van der Waals surface area contributed by atoms with Crippen molar-refractivity contribution in [2.45, 2.75) is 6.92 Å². The Labute approximate surface area is 82.6 Å². The van der Waals surface area contributed by atoms with Crippen molar-refractivity contribution in [1.29, 1.82) is 0 Å². The van der Waals surface area contributed by atoms with Gasteiger partial charge in [0.15, 0.2) is 5.11 Å². The summed E-state index contributed by atoms with van der Waals surface area (Å²) in [6.07, 6.45) is 1.67. The minimum Gasteiger partial charge on any atom is -0.375 e. The number of benzene rings is 1. The molecule has 0 amide bonds. The van der Waals surface area contributed by atoms with Gasteiger partial charge in [0.25, 0.3) is 0 Å². The number of thiocarbonyl (C=S) groups is 1. The summed E-state index contributed by atoms with van der Waals surface area (Å²) in [6.45, 7) is 2.03. The highest BCUT2D eigenvalue weighted by atomic mass is 32.1. The first-order valence-corrected chi connectivity index (χ1v) is 4.24. The van der Waals surface area contributed by atoms with Gasteiger partial charge in [0.2, 0.25) is 0 Å². The van der Waals surface area contributed by atoms with Gasteiger partial charge < -0.3 is 5.73 Å². The molecule has 0 atom stereocenters. The fourth-order valence-corrected chi connectivity index (χ4v) is 0.974. The molecule has 0 aliphatic heterocycles. The van der Waals surface area contributed by atoms with Crippen molar-refractivity contribution >= 4 is 23.5 Å². The van der Waals surface area contributed by atoms with Crippen LogP contribution >= 0.6 is 12.2 Å². The first-order chi connectivity index (χ1) is 6.18. The monoisotopic (exact) mass is 193 g/mol. The molecule has 0 fully saturated rings. The smallest absolute Gasteiger partial charge is 0.184 e. The maximum absolute atomic E-state index is 5.19. The molecule has 0 radical (unpaired) electrons. The Hall–Kier alpha value is -1.42. The molecule has 0 aromatic heterocycles. The van der Waals surface area contributed by atoms with Crippen molar-refractivity contribution in [2.75, 3.05) is 0 Å². The van der Waals surface area contributed by atoms with Crippen molar-refractivity contribution in [3.05, 3.63) is 35.4 Å². The van der Waals surface area contributed by atoms with E-state index in [0.29, 0.717) is 0 Å². The lowest BCUT2D eigenvalue weighted by atomic mass is 10.2. The first kappa shape index (κ1) is 9.67. The highest BCUT2D eigenvalue weighted by molar-refractivity contribution is 7.80. The SMILES string of the molecule is Cc1cccc(/C=N/NC(N)=S)c1. The van der Waals surface area contributed by atoms with Crippen LogP contribution in [-0.4, -0.2) is 11.3 Å². The summed E-state index contributed by atoms with van der Waals surface area (Å²) in [6, 6.07) is 7.97. The number of hydrogen-bond acceptors (Lipinski definition) is 2. The summed E-state index contributed by atoms with van der Waals surface area (Å²) < 4.78 is 0. The molecule has 3 N–H and O–H groups in total. The minimum absolute atomic E-state index is 0.170. The van der Waals surface area contributed by atoms with E-state index >= 15 is 0 Å². The number of hydrogen-bond donors (Lipinski definition) is 2. The second-order valence-corrected chi connectivity index (χ2v) is 3.09. The van der Waals surface area contributed by atoms with E-state index in [4.69, 9.17) is 5.73 Å². The van der Waals surface area contributed by atoms with Crippen LogP contribution < -0.4 is 11.2 Å². The molecular weight excluding hydrogens is 182 g/mol. The predicted molar refractivity (Wildman–Crippen MR) is 58.7 cm³/mol. The van der Waals surface area contributed by atoms with Gasteiger partial charge in [-0.05, 0) is 24.7 Å². The molecule has 0 unspecified atom stereocenters. The summed E-state index contributed by atoms with van der Waals surface area (Å²) in [5.74, 6) is 0. The maximum Gasteiger partial charge on any atom is 0.184 e. The molecule has 1 aromatic rings. The molecule has 4 heteroatoms. The molecule has 1 aromatic carbocycles. The number of nitrogens with one attached hydrogen (secondary N) is 1. The van der Waals surface area contributed by atoms with Gasteiger partial charge in [-0.2, -0.15) is 5.10 Å². The van der Waals surface area contributed by atoms with E-state index in [2.05, 4.69) is 22.7 Å². The van der Waals surface area contributed by atoms with Gasteiger partial charge in [0.1, 0.15) is 0 Å². The Morgan fingerprint density at radius 2 is 2.38 bits per heavy atom. The number of nitrogens with zero attached hydrogens (tertiary/aromatic N) is 1. The molecular formula is C9H11N3S. The molecule has 0 aliphatic rings. The number of aryl methyl sites for hydroxylation is 1. The van der Waals surface area contributed by atoms with Crippen LogP contribution in [0.4, 0.5) is 0 Å². The zero-order valence-electron chi connectivity index (χ0n) is 7.32. The van der Waals surface area contributed by atoms with Crippen LogP contribution in [0.25, 0.3) is 0 Å². The number of rotatable bonds is 2. The van der Waals surface area contributed by atoms with Gasteiger partial charge in [0, 0.05) is 0 Å². The zero-order chi connectivity index (χ0) is 9.68. The molecule has 13 heavy (non-hydrogen) atoms. The van der Waals surface area contributed by atoms with Gasteiger partial charge in [0.05, 0.1) is 6.21 Å². The quantitative estimate of drug-likeness (QED) is 0.421. The Balaban J connectivity index is 2.63. The van der Waals surface area contributed by atoms with E-state index in [1.165, 1.54) is 5.56 Å². The summed E-state index contributed by atoms with van der Waals surface area (Å²) in [4.78, 5) is 0. The summed E-state index contributed by atoms with van der Waals surface area (Å²) in [5.41, 5.74) is 9.90. The van der Waals surface area contributed by atoms with E-state index in [-0.39, 0.29) is 5.11 Å². The number of nitrogens with two attached hydrogens (primary N) is 1. The van der Waals surface area contributed by atoms with E-state index in [1.54, 1.807) is 6.21 Å². The third-order valence-corrected chi connectivity index (χ3v) is 1.52. The van der Waals surface area contributed by atoms with E-state index in [9.17, 15) is 0 Å². The lowest BCUT2D eigenvalue weighted by molar-refractivity contribution is 1.04. The van der Waals surface area contributed by atoms with Crippen molar-refractivity contribution < 1.29 is 0 Å². The molecule has 0 bridgehead atoms. The molecule has 0 saturated carbocycles. The van der Waals surface area contributed by atoms with Crippen molar-refractivity contribution in [2.24, 2.45) is 10.8 Å². The zero-order valence-corrected chi connectivity index (χ0v) is 8.14. The highest BCUT2D eigenvalue weighted by Crippen LogP contribution is 2.00. The van der Waals surface area contributed by atoms with Crippen LogP contribution in [0.3, 0.4) is 0 Å². The molecule has 1 rings (SSSR count). The minimum atomic E-state index is 0.170. The number of hydrazone groups is 1. The van der Waals surface area contributed by atoms with Crippen LogP contribution in [0, 0.1) is 6.92 Å². The average molecular weight is 193 g/mol. The molecule has 0 saturated heterocycles. The van der Waals surface area contributed by atoms with E-state index < -0.39 is 0 Å². The van der Waals surface area contributed by atoms with Crippen LogP contribution in [-0.2, 0) is 0 Å². The van der Waals surface area contributed by atoms with Crippen molar-refractivity contribution in [3.63, 3.8) is 0 Å². The standard InChI is InChI=1S/C9H11N3S/c1-7-3-2-4-8(5-7)6-11-12-9(10)13/h2-6H,1H3,(H3,10,12,13)/b11-6+. The fourth-order valence-electron chi connectivity index (χ4n) is 0.921. The van der Waals surface area contributed by atoms with Crippen molar-refractivity contribution in [1.82, 2.24) is 5.43 Å². The van der Waals surface area contributed by atoms with Crippen LogP contribution in [0.15, 0.2) is 29.4 Å². The molecule has 0 heterocycles. The topological polar surface area (TPSA) is 50.4 Å². The third kappa shape index (κ3) is 3.66. The Morgan fingerprint density at radius 3 is 3.00 bits per heavy atom. The van der Waals surface area contributed by atoms with E-state index in [1.807, 2.05) is 31.2 Å². The Morgan fingerprint density at radius 1 is 1.62 bits per heavy atom. The lowest BCUT2D eigenvalue weighted by Crippen LogP contribution is -2.23. The summed E-state index contributed by atoms with van der Waals surface area (Å²) in [7, 11) is 0. The van der Waals surface area contributed by atoms with Crippen LogP contribution in [0.5, 0.6) is 0 Å². The van der Waals surface area contributed by atoms with Crippen LogP contribution in [0.1, 0.15) is 11.1 Å². The Bertz CT molecular complexity index is 333. The normalized spacial score (nSPS) is 10.2. The third-order valence-electron chi connectivity index (χ3n) is 1.43. The maximum atomic E-state index is 5.19. The van der Waals surface area contributed by atoms with Gasteiger partial charge in [-0.1, -0.05) is 29.8 Å². The second kappa shape index (κ2) is 4.57. The van der Waals surface area contributed by atoms with Crippen LogP contribution in [0.2, 0.25) is 0 Å².